The van der Waals surface area contributed by atoms with Gasteiger partial charge in [0.15, 0.2) is 0 Å². The zero-order valence-corrected chi connectivity index (χ0v) is 12.2. The molecule has 3 nitrogen and oxygen atoms in total. The minimum absolute atomic E-state index is 0.00829. The lowest BCUT2D eigenvalue weighted by molar-refractivity contribution is -0.119. The maximum Gasteiger partial charge on any atom is 0.230 e. The highest BCUT2D eigenvalue weighted by atomic mass is 32.2. The Morgan fingerprint density at radius 2 is 2.00 bits per heavy atom. The van der Waals surface area contributed by atoms with Crippen LogP contribution in [0.2, 0.25) is 0 Å². The van der Waals surface area contributed by atoms with E-state index in [9.17, 15) is 9.18 Å². The van der Waals surface area contributed by atoms with Gasteiger partial charge in [-0.2, -0.15) is 11.8 Å². The number of halogens is 1. The van der Waals surface area contributed by atoms with Gasteiger partial charge in [-0.15, -0.1) is 0 Å². The molecule has 1 aromatic rings. The van der Waals surface area contributed by atoms with Crippen LogP contribution in [0.3, 0.4) is 0 Å². The highest BCUT2D eigenvalue weighted by Crippen LogP contribution is 2.13. The average Bonchev–Trinajstić information content (AvgIpc) is 2.39. The summed E-state index contributed by atoms with van der Waals surface area (Å²) in [5, 5.41) is 2.89. The van der Waals surface area contributed by atoms with Gasteiger partial charge in [-0.1, -0.05) is 19.1 Å². The molecular weight excluding hydrogens is 263 g/mol. The fourth-order valence-corrected chi connectivity index (χ4v) is 2.46. The molecule has 0 aliphatic heterocycles. The van der Waals surface area contributed by atoms with E-state index in [1.807, 2.05) is 6.92 Å². The number of hydrogen-bond acceptors (Lipinski definition) is 3. The van der Waals surface area contributed by atoms with Crippen molar-refractivity contribution < 1.29 is 9.18 Å². The third kappa shape index (κ3) is 6.07. The molecule has 19 heavy (non-hydrogen) atoms. The van der Waals surface area contributed by atoms with Gasteiger partial charge in [-0.05, 0) is 42.8 Å². The summed E-state index contributed by atoms with van der Waals surface area (Å²) in [7, 11) is 0. The van der Waals surface area contributed by atoms with Crippen molar-refractivity contribution in [1.29, 1.82) is 0 Å². The molecular formula is C14H21FN2OS. The first kappa shape index (κ1) is 16.0. The molecule has 2 unspecified atom stereocenters. The van der Waals surface area contributed by atoms with Crippen LogP contribution in [0.25, 0.3) is 0 Å². The number of benzene rings is 1. The molecule has 0 aliphatic carbocycles. The molecule has 0 fully saturated rings. The van der Waals surface area contributed by atoms with Gasteiger partial charge in [-0.3, -0.25) is 4.79 Å². The highest BCUT2D eigenvalue weighted by molar-refractivity contribution is 7.99. The summed E-state index contributed by atoms with van der Waals surface area (Å²) in [5.41, 5.74) is 6.41. The third-order valence-electron chi connectivity index (χ3n) is 2.79. The topological polar surface area (TPSA) is 55.1 Å². The predicted molar refractivity (Wildman–Crippen MR) is 78.5 cm³/mol. The second-order valence-corrected chi connectivity index (χ2v) is 5.73. The number of thioether (sulfide) groups is 1. The van der Waals surface area contributed by atoms with E-state index in [0.717, 1.165) is 11.3 Å². The second-order valence-electron chi connectivity index (χ2n) is 4.70. The Kier molecular flexibility index (Phi) is 6.87. The van der Waals surface area contributed by atoms with Crippen molar-refractivity contribution in [3.8, 4) is 0 Å². The zero-order chi connectivity index (χ0) is 14.3. The van der Waals surface area contributed by atoms with Gasteiger partial charge in [0, 0.05) is 0 Å². The molecule has 0 spiro atoms. The fourth-order valence-electron chi connectivity index (χ4n) is 1.54. The summed E-state index contributed by atoms with van der Waals surface area (Å²) >= 11 is 1.58. The first-order valence-corrected chi connectivity index (χ1v) is 7.51. The first-order chi connectivity index (χ1) is 9.02. The van der Waals surface area contributed by atoms with E-state index in [2.05, 4.69) is 12.2 Å². The van der Waals surface area contributed by atoms with Gasteiger partial charge < -0.3 is 11.1 Å². The van der Waals surface area contributed by atoms with Gasteiger partial charge in [0.2, 0.25) is 5.91 Å². The van der Waals surface area contributed by atoms with E-state index in [0.29, 0.717) is 18.2 Å². The molecule has 0 heterocycles. The molecule has 1 amide bonds. The Balaban J connectivity index is 2.33. The minimum Gasteiger partial charge on any atom is -0.349 e. The summed E-state index contributed by atoms with van der Waals surface area (Å²) in [6, 6.07) is 6.06. The lowest BCUT2D eigenvalue weighted by Gasteiger charge is -2.14. The number of carbonyl (C=O) groups excluding carboxylic acids is 1. The Morgan fingerprint density at radius 1 is 1.37 bits per heavy atom. The third-order valence-corrected chi connectivity index (χ3v) is 4.06. The monoisotopic (exact) mass is 284 g/mol. The van der Waals surface area contributed by atoms with E-state index < -0.39 is 0 Å². The Morgan fingerprint density at radius 3 is 2.58 bits per heavy atom. The molecule has 0 saturated carbocycles. The van der Waals surface area contributed by atoms with Crippen LogP contribution < -0.4 is 11.1 Å². The van der Waals surface area contributed by atoms with Crippen LogP contribution in [0.1, 0.15) is 25.5 Å². The van der Waals surface area contributed by atoms with E-state index >= 15 is 0 Å². The standard InChI is InChI=1S/C14H21FN2OS/c1-10(7-16)8-19-9-14(18)17-11(2)12-3-5-13(15)6-4-12/h3-6,10-11H,7-9,16H2,1-2H3,(H,17,18). The minimum atomic E-state index is -0.270. The van der Waals surface area contributed by atoms with Gasteiger partial charge >= 0.3 is 0 Å². The van der Waals surface area contributed by atoms with E-state index in [1.165, 1.54) is 12.1 Å². The number of nitrogens with two attached hydrogens (primary N) is 1. The number of amides is 1. The number of nitrogens with one attached hydrogen (secondary N) is 1. The van der Waals surface area contributed by atoms with Crippen molar-refractivity contribution in [3.05, 3.63) is 35.6 Å². The molecule has 2 atom stereocenters. The molecule has 0 aromatic heterocycles. The average molecular weight is 284 g/mol. The maximum absolute atomic E-state index is 12.8. The molecule has 106 valence electrons. The summed E-state index contributed by atoms with van der Waals surface area (Å²) in [6.07, 6.45) is 0. The van der Waals surface area contributed by atoms with Crippen LogP contribution >= 0.6 is 11.8 Å². The van der Waals surface area contributed by atoms with Crippen LogP contribution in [0, 0.1) is 11.7 Å². The van der Waals surface area contributed by atoms with Gasteiger partial charge in [-0.25, -0.2) is 4.39 Å². The highest BCUT2D eigenvalue weighted by Gasteiger charge is 2.10. The van der Waals surface area contributed by atoms with Crippen molar-refractivity contribution in [2.45, 2.75) is 19.9 Å². The maximum atomic E-state index is 12.8. The molecule has 0 saturated heterocycles. The first-order valence-electron chi connectivity index (χ1n) is 6.35. The van der Waals surface area contributed by atoms with Crippen molar-refractivity contribution >= 4 is 17.7 Å². The number of hydrogen-bond donors (Lipinski definition) is 2. The van der Waals surface area contributed by atoms with Crippen LogP contribution in [0.5, 0.6) is 0 Å². The van der Waals surface area contributed by atoms with Gasteiger partial charge in [0.25, 0.3) is 0 Å². The largest absolute Gasteiger partial charge is 0.349 e. The van der Waals surface area contributed by atoms with Gasteiger partial charge in [0.05, 0.1) is 11.8 Å². The van der Waals surface area contributed by atoms with E-state index in [1.54, 1.807) is 23.9 Å². The molecule has 5 heteroatoms. The quantitative estimate of drug-likeness (QED) is 0.808. The molecule has 3 N–H and O–H groups in total. The summed E-state index contributed by atoms with van der Waals surface area (Å²) < 4.78 is 12.8. The van der Waals surface area contributed by atoms with Crippen molar-refractivity contribution in [3.63, 3.8) is 0 Å². The molecule has 1 rings (SSSR count). The Bertz CT molecular complexity index is 397. The van der Waals surface area contributed by atoms with Crippen molar-refractivity contribution in [2.24, 2.45) is 11.7 Å². The van der Waals surface area contributed by atoms with Crippen molar-refractivity contribution in [1.82, 2.24) is 5.32 Å². The van der Waals surface area contributed by atoms with Crippen LogP contribution in [-0.2, 0) is 4.79 Å². The van der Waals surface area contributed by atoms with Crippen LogP contribution in [0.15, 0.2) is 24.3 Å². The van der Waals surface area contributed by atoms with Crippen LogP contribution in [0.4, 0.5) is 4.39 Å². The predicted octanol–water partition coefficient (Wildman–Crippen LogP) is 2.33. The normalized spacial score (nSPS) is 13.9. The van der Waals surface area contributed by atoms with E-state index in [-0.39, 0.29) is 17.8 Å². The Hall–Kier alpha value is -1.07. The Labute approximate surface area is 118 Å². The molecule has 0 aliphatic rings. The van der Waals surface area contributed by atoms with Crippen LogP contribution in [-0.4, -0.2) is 24.0 Å². The smallest absolute Gasteiger partial charge is 0.230 e. The molecule has 1 aromatic carbocycles. The number of carbonyl (C=O) groups is 1. The summed E-state index contributed by atoms with van der Waals surface area (Å²) in [6.45, 7) is 4.59. The fraction of sp³-hybridized carbons (Fsp3) is 0.500. The zero-order valence-electron chi connectivity index (χ0n) is 11.4. The molecule has 0 bridgehead atoms. The number of rotatable bonds is 7. The van der Waals surface area contributed by atoms with E-state index in [4.69, 9.17) is 5.73 Å². The lowest BCUT2D eigenvalue weighted by Crippen LogP contribution is -2.28. The lowest BCUT2D eigenvalue weighted by atomic mass is 10.1. The molecule has 0 radical (unpaired) electrons. The van der Waals surface area contributed by atoms with Crippen molar-refractivity contribution in [2.75, 3.05) is 18.1 Å². The SMILES string of the molecule is CC(CN)CSCC(=O)NC(C)c1ccc(F)cc1. The van der Waals surface area contributed by atoms with Gasteiger partial charge in [0.1, 0.15) is 5.82 Å². The summed E-state index contributed by atoms with van der Waals surface area (Å²) in [4.78, 5) is 11.7. The summed E-state index contributed by atoms with van der Waals surface area (Å²) in [5.74, 6) is 1.46. The second kappa shape index (κ2) is 8.17.